The van der Waals surface area contributed by atoms with Crippen LogP contribution in [0.25, 0.3) is 0 Å². The third kappa shape index (κ3) is 3.81. The van der Waals surface area contributed by atoms with Crippen LogP contribution in [-0.2, 0) is 14.8 Å². The molecule has 5 heteroatoms. The smallest absolute Gasteiger partial charge is 0.243 e. The maximum Gasteiger partial charge on any atom is 0.243 e. The van der Waals surface area contributed by atoms with Gasteiger partial charge in [0.15, 0.2) is 0 Å². The predicted octanol–water partition coefficient (Wildman–Crippen LogP) is 2.82. The van der Waals surface area contributed by atoms with Crippen molar-refractivity contribution in [1.29, 1.82) is 0 Å². The van der Waals surface area contributed by atoms with Crippen molar-refractivity contribution in [1.82, 2.24) is 4.31 Å². The van der Waals surface area contributed by atoms with Crippen LogP contribution in [0, 0.1) is 6.92 Å². The molecule has 0 aliphatic carbocycles. The number of hydrogen-bond donors (Lipinski definition) is 0. The van der Waals surface area contributed by atoms with Crippen molar-refractivity contribution in [2.45, 2.75) is 44.6 Å². The average molecular weight is 299 g/mol. The van der Waals surface area contributed by atoms with Gasteiger partial charge in [-0.1, -0.05) is 32.0 Å². The van der Waals surface area contributed by atoms with Crippen LogP contribution in [0.3, 0.4) is 0 Å². The van der Waals surface area contributed by atoms with Crippen molar-refractivity contribution in [3.8, 4) is 0 Å². The minimum absolute atomic E-state index is 0.00903. The molecule has 0 saturated heterocycles. The van der Waals surface area contributed by atoms with Crippen molar-refractivity contribution in [2.24, 2.45) is 0 Å². The molecule has 0 atom stereocenters. The lowest BCUT2D eigenvalue weighted by Crippen LogP contribution is -2.41. The predicted molar refractivity (Wildman–Crippen MR) is 81.3 cm³/mol. The van der Waals surface area contributed by atoms with Crippen molar-refractivity contribution in [3.63, 3.8) is 0 Å². The Morgan fingerprint density at radius 3 is 2.30 bits per heavy atom. The van der Waals surface area contributed by atoms with Gasteiger partial charge in [-0.15, -0.1) is 0 Å². The summed E-state index contributed by atoms with van der Waals surface area (Å²) < 4.78 is 32.4. The summed E-state index contributed by atoms with van der Waals surface area (Å²) in [6, 6.07) is 7.13. The lowest BCUT2D eigenvalue weighted by Gasteiger charge is -2.29. The lowest BCUT2D eigenvalue weighted by molar-refractivity contribution is 0.163. The maximum atomic E-state index is 12.9. The summed E-state index contributed by atoms with van der Waals surface area (Å²) in [7, 11) is -1.89. The molecule has 0 unspecified atom stereocenters. The quantitative estimate of drug-likeness (QED) is 0.741. The van der Waals surface area contributed by atoms with Crippen LogP contribution in [0.5, 0.6) is 0 Å². The van der Waals surface area contributed by atoms with E-state index in [0.717, 1.165) is 18.4 Å². The van der Waals surface area contributed by atoms with Gasteiger partial charge in [0.05, 0.1) is 11.5 Å². The molecule has 4 nitrogen and oxygen atoms in total. The van der Waals surface area contributed by atoms with Crippen LogP contribution < -0.4 is 0 Å². The van der Waals surface area contributed by atoms with Crippen LogP contribution in [0.15, 0.2) is 29.2 Å². The molecule has 0 N–H and O–H groups in total. The summed E-state index contributed by atoms with van der Waals surface area (Å²) in [5.41, 5.74) is 0.779. The first-order chi connectivity index (χ1) is 9.48. The standard InChI is InChI=1S/C15H25NO3S/c1-5-14(6-2)16(11-12-19-4)20(17,18)15-10-8-7-9-13(15)3/h7-10,14H,5-6,11-12H2,1-4H3. The van der Waals surface area contributed by atoms with Gasteiger partial charge in [-0.25, -0.2) is 8.42 Å². The third-order valence-electron chi connectivity index (χ3n) is 3.55. The Hall–Kier alpha value is -0.910. The fraction of sp³-hybridized carbons (Fsp3) is 0.600. The van der Waals surface area contributed by atoms with Gasteiger partial charge in [0.2, 0.25) is 10.0 Å². The highest BCUT2D eigenvalue weighted by atomic mass is 32.2. The molecule has 1 aromatic rings. The monoisotopic (exact) mass is 299 g/mol. The van der Waals surface area contributed by atoms with Gasteiger partial charge in [-0.3, -0.25) is 0 Å². The van der Waals surface area contributed by atoms with E-state index in [9.17, 15) is 8.42 Å². The molecule has 0 radical (unpaired) electrons. The summed E-state index contributed by atoms with van der Waals surface area (Å²) in [6.07, 6.45) is 1.59. The highest BCUT2D eigenvalue weighted by molar-refractivity contribution is 7.89. The minimum Gasteiger partial charge on any atom is -0.383 e. The summed E-state index contributed by atoms with van der Waals surface area (Å²) in [5, 5.41) is 0. The molecular weight excluding hydrogens is 274 g/mol. The molecule has 1 aromatic carbocycles. The number of rotatable bonds is 8. The number of aryl methyl sites for hydroxylation is 1. The number of ether oxygens (including phenoxy) is 1. The first kappa shape index (κ1) is 17.1. The summed E-state index contributed by atoms with van der Waals surface area (Å²) in [6.45, 7) is 6.65. The Morgan fingerprint density at radius 2 is 1.80 bits per heavy atom. The van der Waals surface area contributed by atoms with Crippen LogP contribution in [0.4, 0.5) is 0 Å². The van der Waals surface area contributed by atoms with Crippen LogP contribution in [-0.4, -0.2) is 39.0 Å². The Labute approximate surface area is 122 Å². The van der Waals surface area contributed by atoms with Crippen LogP contribution in [0.2, 0.25) is 0 Å². The van der Waals surface area contributed by atoms with E-state index < -0.39 is 10.0 Å². The van der Waals surface area contributed by atoms with Gasteiger partial charge in [-0.2, -0.15) is 4.31 Å². The molecule has 20 heavy (non-hydrogen) atoms. The van der Waals surface area contributed by atoms with E-state index in [4.69, 9.17) is 4.74 Å². The largest absolute Gasteiger partial charge is 0.383 e. The molecule has 0 amide bonds. The molecule has 0 saturated carbocycles. The zero-order valence-electron chi connectivity index (χ0n) is 12.8. The first-order valence-electron chi connectivity index (χ1n) is 7.05. The van der Waals surface area contributed by atoms with Crippen molar-refractivity contribution in [3.05, 3.63) is 29.8 Å². The molecule has 0 heterocycles. The summed E-state index contributed by atoms with van der Waals surface area (Å²) >= 11 is 0. The molecule has 1 rings (SSSR count). The molecule has 0 bridgehead atoms. The van der Waals surface area contributed by atoms with Gasteiger partial charge in [0.1, 0.15) is 0 Å². The first-order valence-corrected chi connectivity index (χ1v) is 8.49. The zero-order chi connectivity index (χ0) is 15.2. The molecule has 114 valence electrons. The fourth-order valence-electron chi connectivity index (χ4n) is 2.35. The van der Waals surface area contributed by atoms with E-state index in [1.54, 1.807) is 23.5 Å². The maximum absolute atomic E-state index is 12.9. The topological polar surface area (TPSA) is 46.6 Å². The number of benzene rings is 1. The van der Waals surface area contributed by atoms with E-state index in [1.807, 2.05) is 32.9 Å². The highest BCUT2D eigenvalue weighted by Crippen LogP contribution is 2.23. The highest BCUT2D eigenvalue weighted by Gasteiger charge is 2.30. The van der Waals surface area contributed by atoms with Crippen molar-refractivity contribution >= 4 is 10.0 Å². The van der Waals surface area contributed by atoms with E-state index in [-0.39, 0.29) is 6.04 Å². The van der Waals surface area contributed by atoms with Crippen molar-refractivity contribution in [2.75, 3.05) is 20.3 Å². The van der Waals surface area contributed by atoms with Gasteiger partial charge >= 0.3 is 0 Å². The fourth-order valence-corrected chi connectivity index (χ4v) is 4.33. The number of nitrogens with zero attached hydrogens (tertiary/aromatic N) is 1. The number of methoxy groups -OCH3 is 1. The summed E-state index contributed by atoms with van der Waals surface area (Å²) in [4.78, 5) is 0.392. The van der Waals surface area contributed by atoms with E-state index in [1.165, 1.54) is 0 Å². The third-order valence-corrected chi connectivity index (χ3v) is 5.66. The number of hydrogen-bond acceptors (Lipinski definition) is 3. The number of sulfonamides is 1. The SMILES string of the molecule is CCC(CC)N(CCOC)S(=O)(=O)c1ccccc1C. The van der Waals surface area contributed by atoms with Crippen LogP contribution in [0.1, 0.15) is 32.3 Å². The Morgan fingerprint density at radius 1 is 1.20 bits per heavy atom. The molecule has 0 fully saturated rings. The minimum atomic E-state index is -3.47. The molecule has 0 spiro atoms. The van der Waals surface area contributed by atoms with E-state index in [2.05, 4.69) is 0 Å². The van der Waals surface area contributed by atoms with Crippen molar-refractivity contribution < 1.29 is 13.2 Å². The zero-order valence-corrected chi connectivity index (χ0v) is 13.6. The molecular formula is C15H25NO3S. The summed E-state index contributed by atoms with van der Waals surface area (Å²) in [5.74, 6) is 0. The average Bonchev–Trinajstić information content (AvgIpc) is 2.43. The Balaban J connectivity index is 3.20. The molecule has 0 aromatic heterocycles. The second-order valence-corrected chi connectivity index (χ2v) is 6.70. The van der Waals surface area contributed by atoms with Gasteiger partial charge < -0.3 is 4.74 Å². The second kappa shape index (κ2) is 7.76. The lowest BCUT2D eigenvalue weighted by atomic mass is 10.2. The van der Waals surface area contributed by atoms with Gasteiger partial charge in [-0.05, 0) is 31.4 Å². The normalized spacial score (nSPS) is 12.3. The van der Waals surface area contributed by atoms with E-state index in [0.29, 0.717) is 18.0 Å². The molecule has 0 aliphatic heterocycles. The van der Waals surface area contributed by atoms with Gasteiger partial charge in [0.25, 0.3) is 0 Å². The second-order valence-electron chi connectivity index (χ2n) is 4.84. The van der Waals surface area contributed by atoms with E-state index >= 15 is 0 Å². The molecule has 0 aliphatic rings. The van der Waals surface area contributed by atoms with Crippen LogP contribution >= 0.6 is 0 Å². The Kier molecular flexibility index (Phi) is 6.65. The van der Waals surface area contributed by atoms with Gasteiger partial charge in [0, 0.05) is 19.7 Å². The Bertz CT molecular complexity index is 510.